The number of carbonyl (C=O) groups excluding carboxylic acids is 1. The van der Waals surface area contributed by atoms with Gasteiger partial charge >= 0.3 is 5.97 Å². The number of aliphatic hydroxyl groups is 7. The molecule has 14 nitrogen and oxygen atoms in total. The molecule has 0 saturated carbocycles. The van der Waals surface area contributed by atoms with E-state index >= 15 is 0 Å². The third-order valence-electron chi connectivity index (χ3n) is 13.9. The van der Waals surface area contributed by atoms with Crippen molar-refractivity contribution in [3.8, 4) is 0 Å². The van der Waals surface area contributed by atoms with E-state index in [1.54, 1.807) is 0 Å². The van der Waals surface area contributed by atoms with Crippen molar-refractivity contribution in [2.75, 3.05) is 33.0 Å². The van der Waals surface area contributed by atoms with Crippen LogP contribution in [0.2, 0.25) is 0 Å². The molecule has 2 rings (SSSR count). The summed E-state index contributed by atoms with van der Waals surface area (Å²) in [5.41, 5.74) is 0. The number of ether oxygens (including phenoxy) is 6. The van der Waals surface area contributed by atoms with E-state index in [0.717, 1.165) is 57.8 Å². The molecule has 0 aromatic carbocycles. The summed E-state index contributed by atoms with van der Waals surface area (Å²) < 4.78 is 34.4. The number of hydrogen-bond acceptors (Lipinski definition) is 14. The van der Waals surface area contributed by atoms with Crippen LogP contribution in [0.3, 0.4) is 0 Å². The van der Waals surface area contributed by atoms with Crippen LogP contribution in [0.25, 0.3) is 0 Å². The molecule has 0 amide bonds. The quantitative estimate of drug-likeness (QED) is 0.0172. The molecule has 11 atom stereocenters. The third kappa shape index (κ3) is 31.9. The third-order valence-corrected chi connectivity index (χ3v) is 13.9. The van der Waals surface area contributed by atoms with Crippen LogP contribution in [0.15, 0.2) is 36.5 Å². The van der Waals surface area contributed by atoms with Crippen molar-refractivity contribution in [2.45, 2.75) is 293 Å². The Balaban J connectivity index is 1.72. The number of allylic oxidation sites excluding steroid dienone is 6. The lowest BCUT2D eigenvalue weighted by Gasteiger charge is -2.42. The molecule has 0 aromatic heterocycles. The van der Waals surface area contributed by atoms with Crippen LogP contribution in [0.5, 0.6) is 0 Å². The van der Waals surface area contributed by atoms with Crippen molar-refractivity contribution in [1.82, 2.24) is 0 Å². The molecule has 0 aliphatic carbocycles. The highest BCUT2D eigenvalue weighted by atomic mass is 16.7. The Kier molecular flexibility index (Phi) is 41.8. The smallest absolute Gasteiger partial charge is 0.306 e. The van der Waals surface area contributed by atoms with Crippen molar-refractivity contribution in [2.24, 2.45) is 0 Å². The van der Waals surface area contributed by atoms with Gasteiger partial charge in [0.05, 0.1) is 26.4 Å². The molecule has 0 aromatic rings. The molecule has 0 radical (unpaired) electrons. The summed E-state index contributed by atoms with van der Waals surface area (Å²) in [6.07, 6.45) is 36.3. The molecule has 422 valence electrons. The van der Waals surface area contributed by atoms with Gasteiger partial charge in [0, 0.05) is 13.0 Å². The second kappa shape index (κ2) is 45.4. The normalized spacial score (nSPS) is 25.3. The fraction of sp³-hybridized carbons (Fsp3) is 0.879. The van der Waals surface area contributed by atoms with E-state index in [2.05, 4.69) is 50.3 Å². The maximum absolute atomic E-state index is 13.1. The predicted molar refractivity (Wildman–Crippen MR) is 284 cm³/mol. The van der Waals surface area contributed by atoms with Crippen LogP contribution in [0.1, 0.15) is 226 Å². The van der Waals surface area contributed by atoms with Gasteiger partial charge in [-0.3, -0.25) is 4.79 Å². The average molecular weight is 1030 g/mol. The van der Waals surface area contributed by atoms with Crippen LogP contribution in [-0.4, -0.2) is 142 Å². The molecule has 2 aliphatic rings. The average Bonchev–Trinajstić information content (AvgIpc) is 3.38. The highest BCUT2D eigenvalue weighted by molar-refractivity contribution is 5.69. The van der Waals surface area contributed by atoms with Crippen molar-refractivity contribution in [1.29, 1.82) is 0 Å². The van der Waals surface area contributed by atoms with Crippen molar-refractivity contribution >= 4 is 5.97 Å². The predicted octanol–water partition coefficient (Wildman–Crippen LogP) is 10.1. The zero-order chi connectivity index (χ0) is 52.3. The Morgan fingerprint density at radius 2 is 0.861 bits per heavy atom. The number of carbonyl (C=O) groups is 1. The van der Waals surface area contributed by atoms with Gasteiger partial charge in [0.1, 0.15) is 54.9 Å². The standard InChI is InChI=1S/C58H106O14/c1-3-5-7-9-11-13-15-17-19-21-22-23-24-25-26-28-30-32-34-36-38-40-42-67-44-47(70-50(60)41-39-37-35-33-31-29-27-20-18-16-14-12-10-8-6-4-2)45-68-57-56(66)54(64)52(62)49(72-57)46-69-58-55(65)53(63)51(61)48(43-59)71-58/h15,17,21-22,24-25,47-49,51-59,61-66H,3-14,16,18-20,23,26-46H2,1-2H3/b17-15-,22-21-,25-24-. The summed E-state index contributed by atoms with van der Waals surface area (Å²) in [6.45, 7) is 3.69. The van der Waals surface area contributed by atoms with Crippen molar-refractivity contribution in [3.63, 3.8) is 0 Å². The van der Waals surface area contributed by atoms with Crippen molar-refractivity contribution in [3.05, 3.63) is 36.5 Å². The summed E-state index contributed by atoms with van der Waals surface area (Å²) in [5, 5.41) is 72.3. The van der Waals surface area contributed by atoms with Gasteiger partial charge in [-0.15, -0.1) is 0 Å². The topological polar surface area (TPSA) is 214 Å². The minimum Gasteiger partial charge on any atom is -0.457 e. The molecule has 72 heavy (non-hydrogen) atoms. The molecule has 7 N–H and O–H groups in total. The van der Waals surface area contributed by atoms with E-state index in [1.807, 2.05) is 0 Å². The van der Waals surface area contributed by atoms with E-state index in [9.17, 15) is 40.5 Å². The molecule has 2 heterocycles. The summed E-state index contributed by atoms with van der Waals surface area (Å²) in [4.78, 5) is 13.1. The van der Waals surface area contributed by atoms with Crippen LogP contribution < -0.4 is 0 Å². The lowest BCUT2D eigenvalue weighted by atomic mass is 9.98. The Labute approximate surface area is 436 Å². The van der Waals surface area contributed by atoms with E-state index in [1.165, 1.54) is 141 Å². The minimum atomic E-state index is -1.71. The van der Waals surface area contributed by atoms with E-state index in [-0.39, 0.29) is 25.6 Å². The van der Waals surface area contributed by atoms with Gasteiger partial charge in [0.15, 0.2) is 12.6 Å². The molecule has 2 aliphatic heterocycles. The Hall–Kier alpha value is -1.79. The molecular weight excluding hydrogens is 921 g/mol. The van der Waals surface area contributed by atoms with Gasteiger partial charge in [0.25, 0.3) is 0 Å². The minimum absolute atomic E-state index is 0.0575. The maximum Gasteiger partial charge on any atom is 0.306 e. The highest BCUT2D eigenvalue weighted by Crippen LogP contribution is 2.27. The Morgan fingerprint density at radius 3 is 1.35 bits per heavy atom. The van der Waals surface area contributed by atoms with Gasteiger partial charge in [-0.05, 0) is 51.4 Å². The summed E-state index contributed by atoms with van der Waals surface area (Å²) >= 11 is 0. The number of esters is 1. The lowest BCUT2D eigenvalue weighted by molar-refractivity contribution is -0.332. The summed E-state index contributed by atoms with van der Waals surface area (Å²) in [5.74, 6) is -0.377. The molecule has 2 saturated heterocycles. The zero-order valence-electron chi connectivity index (χ0n) is 45.2. The van der Waals surface area contributed by atoms with Crippen LogP contribution in [-0.2, 0) is 33.2 Å². The van der Waals surface area contributed by atoms with Crippen LogP contribution >= 0.6 is 0 Å². The van der Waals surface area contributed by atoms with E-state index < -0.39 is 80.7 Å². The SMILES string of the molecule is CCCCCCC/C=C\C/C=C\C/C=C\CCCCCCCCCOCC(COC1OC(COC2OC(CO)C(O)C(O)C2O)C(O)C(O)C1O)OC(=O)CCCCCCCCCCCCCCCCCC. The first-order valence-electron chi connectivity index (χ1n) is 29.1. The number of hydrogen-bond donors (Lipinski definition) is 7. The zero-order valence-corrected chi connectivity index (χ0v) is 45.2. The number of unbranched alkanes of at least 4 members (excludes halogenated alkanes) is 27. The monoisotopic (exact) mass is 1030 g/mol. The molecule has 11 unspecified atom stereocenters. The van der Waals surface area contributed by atoms with Crippen LogP contribution in [0, 0.1) is 0 Å². The largest absolute Gasteiger partial charge is 0.457 e. The van der Waals surface area contributed by atoms with Gasteiger partial charge in [-0.1, -0.05) is 204 Å². The summed E-state index contributed by atoms with van der Waals surface area (Å²) in [6, 6.07) is 0. The van der Waals surface area contributed by atoms with Crippen molar-refractivity contribution < 1.29 is 69.0 Å². The molecule has 14 heteroatoms. The first-order chi connectivity index (χ1) is 35.1. The number of aliphatic hydroxyl groups excluding tert-OH is 7. The first kappa shape index (κ1) is 66.3. The maximum atomic E-state index is 13.1. The van der Waals surface area contributed by atoms with Crippen LogP contribution in [0.4, 0.5) is 0 Å². The second-order valence-corrected chi connectivity index (χ2v) is 20.5. The molecule has 0 spiro atoms. The van der Waals surface area contributed by atoms with E-state index in [4.69, 9.17) is 28.4 Å². The number of rotatable bonds is 47. The Bertz CT molecular complexity index is 1330. The molecular formula is C58H106O14. The highest BCUT2D eigenvalue weighted by Gasteiger charge is 2.47. The fourth-order valence-electron chi connectivity index (χ4n) is 9.18. The first-order valence-corrected chi connectivity index (χ1v) is 29.1. The van der Waals surface area contributed by atoms with Gasteiger partial charge < -0.3 is 64.2 Å². The van der Waals surface area contributed by atoms with Gasteiger partial charge in [-0.25, -0.2) is 0 Å². The van der Waals surface area contributed by atoms with Gasteiger partial charge in [-0.2, -0.15) is 0 Å². The molecule has 0 bridgehead atoms. The molecule has 2 fully saturated rings. The Morgan fingerprint density at radius 1 is 0.458 bits per heavy atom. The van der Waals surface area contributed by atoms with Gasteiger partial charge in [0.2, 0.25) is 0 Å². The van der Waals surface area contributed by atoms with E-state index in [0.29, 0.717) is 13.0 Å². The lowest BCUT2D eigenvalue weighted by Crippen LogP contribution is -2.61. The summed E-state index contributed by atoms with van der Waals surface area (Å²) in [7, 11) is 0. The fourth-order valence-corrected chi connectivity index (χ4v) is 9.18. The second-order valence-electron chi connectivity index (χ2n) is 20.5.